The highest BCUT2D eigenvalue weighted by Crippen LogP contribution is 2.45. The number of allylic oxidation sites excluding steroid dienone is 3. The van der Waals surface area contributed by atoms with E-state index in [0.717, 1.165) is 77.3 Å². The first kappa shape index (κ1) is 67.2. The Morgan fingerprint density at radius 1 is 0.960 bits per heavy atom. The molecular weight excluding hydrogens is 997 g/mol. The maximum absolute atomic E-state index is 12.9. The van der Waals surface area contributed by atoms with E-state index >= 15 is 0 Å². The number of H-pyrrole nitrogens is 2. The third kappa shape index (κ3) is 22.5. The minimum absolute atomic E-state index is 0.0685. The second kappa shape index (κ2) is 37.8. The molecule has 1 saturated heterocycles. The molecule has 1 aliphatic heterocycles. The summed E-state index contributed by atoms with van der Waals surface area (Å²) in [5, 5.41) is 9.23. The van der Waals surface area contributed by atoms with Crippen LogP contribution in [0.5, 0.6) is 0 Å². The van der Waals surface area contributed by atoms with Crippen molar-refractivity contribution in [2.45, 2.75) is 140 Å². The summed E-state index contributed by atoms with van der Waals surface area (Å²) in [5.41, 5.74) is 9.05. The lowest BCUT2D eigenvalue weighted by Gasteiger charge is -2.27. The molecule has 0 bridgehead atoms. The fraction of sp³-hybridized carbons (Fsp3) is 0.458. The number of methoxy groups -OCH3 is 1. The number of likely N-dealkylation sites (tertiary alicyclic amines) is 1. The van der Waals surface area contributed by atoms with Gasteiger partial charge in [-0.1, -0.05) is 118 Å². The first-order valence-corrected chi connectivity index (χ1v) is 29.2. The summed E-state index contributed by atoms with van der Waals surface area (Å²) in [4.78, 5) is 58.6. The number of hydrogen-bond donors (Lipinski definition) is 3. The number of ether oxygens (including phenoxy) is 2. The van der Waals surface area contributed by atoms with E-state index < -0.39 is 5.60 Å². The molecule has 2 amide bonds. The average Bonchev–Trinajstić information content (AvgIpc) is 4.28. The fourth-order valence-corrected chi connectivity index (χ4v) is 9.60. The predicted octanol–water partition coefficient (Wildman–Crippen LogP) is 16.3. The predicted molar refractivity (Wildman–Crippen MR) is 325 cm³/mol. The van der Waals surface area contributed by atoms with Crippen LogP contribution in [0.15, 0.2) is 101 Å². The highest BCUT2D eigenvalue weighted by molar-refractivity contribution is 8.01. The van der Waals surface area contributed by atoms with E-state index in [1.807, 2.05) is 85.0 Å². The largest absolute Gasteiger partial charge is 0.471 e. The van der Waals surface area contributed by atoms with E-state index in [4.69, 9.17) is 14.5 Å². The van der Waals surface area contributed by atoms with E-state index in [-0.39, 0.29) is 18.0 Å². The number of likely N-dealkylation sites (N-methyl/N-ethyl adjacent to an activating group) is 1. The van der Waals surface area contributed by atoms with Gasteiger partial charge in [0.05, 0.1) is 58.6 Å². The number of thioether (sulfide) groups is 1. The van der Waals surface area contributed by atoms with Crippen LogP contribution in [0.3, 0.4) is 0 Å². The molecule has 2 aromatic carbocycles. The van der Waals surface area contributed by atoms with Crippen molar-refractivity contribution in [1.29, 1.82) is 0 Å². The highest BCUT2D eigenvalue weighted by atomic mass is 32.2. The number of benzene rings is 2. The average molecular weight is 1090 g/mol. The molecule has 0 spiro atoms. The first-order valence-electron chi connectivity index (χ1n) is 26.1. The summed E-state index contributed by atoms with van der Waals surface area (Å²) >= 11 is 5.16. The number of carbonyl (C=O) groups excluding carboxylic acids is 3. The summed E-state index contributed by atoms with van der Waals surface area (Å²) < 4.78 is 12.1. The first-order chi connectivity index (χ1) is 36.2. The van der Waals surface area contributed by atoms with Crippen molar-refractivity contribution in [2.75, 3.05) is 40.0 Å². The second-order valence-electron chi connectivity index (χ2n) is 17.4. The summed E-state index contributed by atoms with van der Waals surface area (Å²) in [6, 6.07) is 14.8. The highest BCUT2D eigenvalue weighted by Gasteiger charge is 2.35. The number of imidazole rings is 2. The molecule has 1 unspecified atom stereocenters. The Labute approximate surface area is 461 Å². The molecule has 7 rings (SSSR count). The Morgan fingerprint density at radius 3 is 2.08 bits per heavy atom. The molecule has 3 N–H and O–H groups in total. The fourth-order valence-electron chi connectivity index (χ4n) is 7.14. The number of nitrogens with one attached hydrogen (secondary N) is 3. The van der Waals surface area contributed by atoms with Gasteiger partial charge in [-0.05, 0) is 107 Å². The van der Waals surface area contributed by atoms with Gasteiger partial charge in [-0.3, -0.25) is 19.5 Å². The number of rotatable bonds is 16. The number of nitrogens with zero attached hydrogens (tertiary/aromatic N) is 5. The van der Waals surface area contributed by atoms with Gasteiger partial charge in [0.15, 0.2) is 0 Å². The molecule has 1 fully saturated rings. The Morgan fingerprint density at radius 2 is 1.55 bits per heavy atom. The summed E-state index contributed by atoms with van der Waals surface area (Å²) in [5.74, 6) is 1.65. The van der Waals surface area contributed by atoms with Gasteiger partial charge in [0.2, 0.25) is 5.91 Å². The molecule has 0 saturated carbocycles. The summed E-state index contributed by atoms with van der Waals surface area (Å²) in [6.07, 6.45) is 15.3. The van der Waals surface area contributed by atoms with Crippen LogP contribution in [0.25, 0.3) is 53.9 Å². The molecule has 5 heterocycles. The van der Waals surface area contributed by atoms with E-state index in [2.05, 4.69) is 124 Å². The van der Waals surface area contributed by atoms with E-state index in [9.17, 15) is 9.59 Å². The molecule has 1 atom stereocenters. The van der Waals surface area contributed by atoms with E-state index in [1.54, 1.807) is 57.9 Å². The van der Waals surface area contributed by atoms with Gasteiger partial charge in [-0.25, -0.2) is 14.8 Å². The number of hydrogen-bond acceptors (Lipinski definition) is 12. The molecule has 75 heavy (non-hydrogen) atoms. The zero-order valence-corrected chi connectivity index (χ0v) is 50.2. The van der Waals surface area contributed by atoms with Crippen LogP contribution in [0.4, 0.5) is 4.79 Å². The smallest absolute Gasteiger partial charge is 0.410 e. The lowest BCUT2D eigenvalue weighted by atomic mass is 10.0. The number of aromatic nitrogens is 4. The molecular formula is C59H88N8O5S3. The number of aliphatic imine (C=N–C) groups is 1. The Balaban J connectivity index is 0.000000944. The van der Waals surface area contributed by atoms with E-state index in [0.29, 0.717) is 32.7 Å². The number of carbonyl (C=O) groups is 3. The van der Waals surface area contributed by atoms with Gasteiger partial charge in [-0.15, -0.1) is 34.4 Å². The van der Waals surface area contributed by atoms with Crippen molar-refractivity contribution in [3.8, 4) is 33.5 Å². The number of aromatic amines is 2. The maximum atomic E-state index is 12.9. The Bertz CT molecular complexity index is 2610. The van der Waals surface area contributed by atoms with Crippen molar-refractivity contribution >= 4 is 79.6 Å². The summed E-state index contributed by atoms with van der Waals surface area (Å²) in [7, 11) is 3.10. The number of thiophene rings is 2. The molecule has 1 aliphatic rings. The maximum Gasteiger partial charge on any atom is 0.410 e. The van der Waals surface area contributed by atoms with Crippen molar-refractivity contribution in [3.05, 3.63) is 107 Å². The van der Waals surface area contributed by atoms with Gasteiger partial charge >= 0.3 is 6.09 Å². The second-order valence-corrected chi connectivity index (χ2v) is 20.0. The minimum Gasteiger partial charge on any atom is -0.471 e. The molecule has 13 nitrogen and oxygen atoms in total. The lowest BCUT2D eigenvalue weighted by Crippen LogP contribution is -2.37. The molecule has 16 heteroatoms. The molecule has 412 valence electrons. The lowest BCUT2D eigenvalue weighted by molar-refractivity contribution is -0.131. The molecule has 6 aromatic rings. The zero-order chi connectivity index (χ0) is 56.3. The molecule has 0 radical (unpaired) electrons. The number of unbranched alkanes of at least 4 members (excludes halogenated alkanes) is 1. The van der Waals surface area contributed by atoms with Gasteiger partial charge in [-0.2, -0.15) is 0 Å². The summed E-state index contributed by atoms with van der Waals surface area (Å²) in [6.45, 7) is 33.6. The quantitative estimate of drug-likeness (QED) is 0.0487. The van der Waals surface area contributed by atoms with Crippen molar-refractivity contribution in [2.24, 2.45) is 4.99 Å². The minimum atomic E-state index is -0.540. The normalized spacial score (nSPS) is 12.7. The van der Waals surface area contributed by atoms with Gasteiger partial charge in [0.25, 0.3) is 6.47 Å². The van der Waals surface area contributed by atoms with Gasteiger partial charge in [0, 0.05) is 46.9 Å². The van der Waals surface area contributed by atoms with Crippen LogP contribution in [0, 0.1) is 0 Å². The monoisotopic (exact) mass is 1080 g/mol. The van der Waals surface area contributed by atoms with Crippen molar-refractivity contribution in [3.63, 3.8) is 0 Å². The van der Waals surface area contributed by atoms with Crippen LogP contribution in [0.1, 0.15) is 139 Å². The standard InChI is InChI=1S/C38H43N7O3S2.C9H15N.C3H6S.C3H8.C2H4O2.2C2H6/c1-6-15-44(33(46)19-39-5)20-32-40-18-30(41-32)24-11-9-23(10-12-24)26-21-49-35-27(22-50-34(26)35)25-13-14-28-29(17-25)43-36(42-28)31-8-7-16-45(31)37(47)48-38(2,3)4;1-4-6-8-10-9(3)7-5-2;1-3-4-2;1-3-2;1-4-2-3;2*1-2/h9-14,17-18,21-22,31,39H,6-8,15-16,19-20H2,1-5H3,(H,40,41)(H,42,43);5,7-8H,2,4,6H2,1,3H3;3H,1H2,2H3;3H2,1-2H3;2H,1H3;2*1-2H3/b;9-7+,10-8?;;;;;. The Hall–Kier alpha value is -5.81. The Kier molecular flexibility index (Phi) is 33.9. The third-order valence-corrected chi connectivity index (χ3v) is 12.8. The van der Waals surface area contributed by atoms with Crippen molar-refractivity contribution < 1.29 is 23.9 Å². The van der Waals surface area contributed by atoms with Crippen LogP contribution < -0.4 is 5.32 Å². The van der Waals surface area contributed by atoms with Gasteiger partial charge < -0.3 is 29.7 Å². The zero-order valence-electron chi connectivity index (χ0n) is 47.7. The van der Waals surface area contributed by atoms with Crippen molar-refractivity contribution in [1.82, 2.24) is 35.1 Å². The SMILES string of the molecule is C=C/C=C(\C)N=CCCC.C=CSC.CC.CC.CCC.CCCN(Cc1ncc(-c2ccc(-c3csc4c(-c5ccc6nc(C7CCCN7C(=O)OC(C)(C)C)[nH]c6c5)csc34)cc2)[nH]1)C(=O)CNC.COC=O. The number of fused-ring (bicyclic) bond motifs is 2. The van der Waals surface area contributed by atoms with Crippen LogP contribution in [-0.2, 0) is 25.6 Å². The van der Waals surface area contributed by atoms with Gasteiger partial charge in [0.1, 0.15) is 17.2 Å². The molecule has 4 aromatic heterocycles. The molecule has 0 aliphatic carbocycles. The number of amides is 2. The van der Waals surface area contributed by atoms with Crippen LogP contribution >= 0.6 is 34.4 Å². The topological polar surface area (TPSA) is 158 Å². The van der Waals surface area contributed by atoms with Crippen LogP contribution in [0.2, 0.25) is 0 Å². The van der Waals surface area contributed by atoms with E-state index in [1.165, 1.54) is 39.6 Å². The van der Waals surface area contributed by atoms with Crippen LogP contribution in [-0.4, -0.2) is 100 Å². The third-order valence-electron chi connectivity index (χ3n) is 10.3.